The van der Waals surface area contributed by atoms with E-state index in [2.05, 4.69) is 19.9 Å². The van der Waals surface area contributed by atoms with E-state index in [1.165, 1.54) is 0 Å². The number of aromatic nitrogens is 3. The Bertz CT molecular complexity index is 636. The molecule has 1 unspecified atom stereocenters. The van der Waals surface area contributed by atoms with Gasteiger partial charge in [-0.1, -0.05) is 0 Å². The van der Waals surface area contributed by atoms with E-state index in [-0.39, 0.29) is 11.8 Å². The molecule has 1 saturated heterocycles. The van der Waals surface area contributed by atoms with Crippen LogP contribution in [0.2, 0.25) is 0 Å². The Morgan fingerprint density at radius 1 is 1.27 bits per heavy atom. The van der Waals surface area contributed by atoms with Crippen molar-refractivity contribution in [1.29, 1.82) is 0 Å². The molecule has 116 valence electrons. The number of piperazine rings is 1. The van der Waals surface area contributed by atoms with Crippen LogP contribution >= 0.6 is 11.3 Å². The Labute approximate surface area is 133 Å². The molecule has 0 aromatic carbocycles. The molecular weight excluding hydrogens is 298 g/mol. The Kier molecular flexibility index (Phi) is 4.33. The summed E-state index contributed by atoms with van der Waals surface area (Å²) in [6.45, 7) is 6.89. The van der Waals surface area contributed by atoms with Gasteiger partial charge in [-0.3, -0.25) is 9.78 Å². The average Bonchev–Trinajstić information content (AvgIpc) is 3.01. The molecule has 0 radical (unpaired) electrons. The van der Waals surface area contributed by atoms with Crippen molar-refractivity contribution >= 4 is 23.1 Å². The van der Waals surface area contributed by atoms with Crippen molar-refractivity contribution in [3.63, 3.8) is 0 Å². The second-order valence-corrected chi connectivity index (χ2v) is 6.31. The molecule has 22 heavy (non-hydrogen) atoms. The lowest BCUT2D eigenvalue weighted by Crippen LogP contribution is -2.50. The fourth-order valence-electron chi connectivity index (χ4n) is 2.56. The minimum absolute atomic E-state index is 0.160. The van der Waals surface area contributed by atoms with Crippen molar-refractivity contribution in [3.8, 4) is 0 Å². The number of hydrogen-bond acceptors (Lipinski definition) is 6. The first-order chi connectivity index (χ1) is 10.6. The minimum Gasteiger partial charge on any atom is -0.352 e. The second kappa shape index (κ2) is 6.39. The van der Waals surface area contributed by atoms with Crippen molar-refractivity contribution in [3.05, 3.63) is 34.7 Å². The highest BCUT2D eigenvalue weighted by molar-refractivity contribution is 7.09. The molecule has 1 fully saturated rings. The van der Waals surface area contributed by atoms with Crippen molar-refractivity contribution in [2.45, 2.75) is 19.8 Å². The number of carbonyl (C=O) groups is 1. The molecular formula is C15H19N5OS. The Hall–Kier alpha value is -2.02. The molecule has 1 amide bonds. The molecule has 0 spiro atoms. The molecule has 3 rings (SSSR count). The lowest BCUT2D eigenvalue weighted by Gasteiger charge is -2.36. The van der Waals surface area contributed by atoms with Gasteiger partial charge in [0, 0.05) is 49.6 Å². The summed E-state index contributed by atoms with van der Waals surface area (Å²) in [5, 5.41) is 2.89. The Balaban J connectivity index is 1.60. The highest BCUT2D eigenvalue weighted by Gasteiger charge is 2.27. The lowest BCUT2D eigenvalue weighted by atomic mass is 10.1. The van der Waals surface area contributed by atoms with Crippen LogP contribution in [0.15, 0.2) is 24.0 Å². The summed E-state index contributed by atoms with van der Waals surface area (Å²) in [7, 11) is 0. The summed E-state index contributed by atoms with van der Waals surface area (Å²) >= 11 is 1.56. The first kappa shape index (κ1) is 14.9. The van der Waals surface area contributed by atoms with Gasteiger partial charge in [-0.05, 0) is 13.8 Å². The van der Waals surface area contributed by atoms with Gasteiger partial charge in [0.2, 0.25) is 5.91 Å². The predicted molar refractivity (Wildman–Crippen MR) is 86.1 cm³/mol. The zero-order valence-corrected chi connectivity index (χ0v) is 13.6. The standard InChI is InChI=1S/C15H19N5OS/c1-11-10-22-14(18-11)12(2)15(21)20-7-5-19(6-8-20)13-9-16-3-4-17-13/h3-4,9-10,12H,5-8H2,1-2H3. The van der Waals surface area contributed by atoms with Crippen LogP contribution in [0.1, 0.15) is 23.5 Å². The molecule has 0 N–H and O–H groups in total. The van der Waals surface area contributed by atoms with E-state index in [1.807, 2.05) is 24.1 Å². The number of anilines is 1. The smallest absolute Gasteiger partial charge is 0.232 e. The second-order valence-electron chi connectivity index (χ2n) is 5.42. The van der Waals surface area contributed by atoms with Crippen LogP contribution in [0.5, 0.6) is 0 Å². The summed E-state index contributed by atoms with van der Waals surface area (Å²) in [6, 6.07) is 0. The number of nitrogens with zero attached hydrogens (tertiary/aromatic N) is 5. The maximum absolute atomic E-state index is 12.6. The van der Waals surface area contributed by atoms with Crippen LogP contribution in [0.3, 0.4) is 0 Å². The van der Waals surface area contributed by atoms with Crippen molar-refractivity contribution in [2.24, 2.45) is 0 Å². The molecule has 6 nitrogen and oxygen atoms in total. The highest BCUT2D eigenvalue weighted by Crippen LogP contribution is 2.23. The molecule has 0 saturated carbocycles. The average molecular weight is 317 g/mol. The van der Waals surface area contributed by atoms with Gasteiger partial charge >= 0.3 is 0 Å². The topological polar surface area (TPSA) is 62.2 Å². The molecule has 1 aliphatic rings. The SMILES string of the molecule is Cc1csc(C(C)C(=O)N2CCN(c3cnccn3)CC2)n1. The molecule has 2 aromatic heterocycles. The van der Waals surface area contributed by atoms with Gasteiger partial charge in [0.15, 0.2) is 0 Å². The molecule has 7 heteroatoms. The highest BCUT2D eigenvalue weighted by atomic mass is 32.1. The quantitative estimate of drug-likeness (QED) is 0.862. The number of amides is 1. The van der Waals surface area contributed by atoms with E-state index in [0.717, 1.165) is 29.6 Å². The summed E-state index contributed by atoms with van der Waals surface area (Å²) in [5.74, 6) is 0.869. The monoisotopic (exact) mass is 317 g/mol. The van der Waals surface area contributed by atoms with Crippen LogP contribution in [0.4, 0.5) is 5.82 Å². The summed E-state index contributed by atoms with van der Waals surface area (Å²) in [4.78, 5) is 29.5. The van der Waals surface area contributed by atoms with Crippen molar-refractivity contribution < 1.29 is 4.79 Å². The van der Waals surface area contributed by atoms with Gasteiger partial charge in [0.1, 0.15) is 10.8 Å². The van der Waals surface area contributed by atoms with Crippen LogP contribution in [0.25, 0.3) is 0 Å². The van der Waals surface area contributed by atoms with E-state index in [9.17, 15) is 4.79 Å². The largest absolute Gasteiger partial charge is 0.352 e. The van der Waals surface area contributed by atoms with Gasteiger partial charge in [-0.25, -0.2) is 9.97 Å². The number of carbonyl (C=O) groups excluding carboxylic acids is 1. The maximum Gasteiger partial charge on any atom is 0.232 e. The van der Waals surface area contributed by atoms with E-state index < -0.39 is 0 Å². The van der Waals surface area contributed by atoms with Gasteiger partial charge in [-0.2, -0.15) is 0 Å². The minimum atomic E-state index is -0.165. The van der Waals surface area contributed by atoms with Crippen LogP contribution in [-0.2, 0) is 4.79 Å². The molecule has 1 aliphatic heterocycles. The van der Waals surface area contributed by atoms with Gasteiger partial charge in [-0.15, -0.1) is 11.3 Å². The number of aryl methyl sites for hydroxylation is 1. The van der Waals surface area contributed by atoms with Crippen LogP contribution < -0.4 is 4.90 Å². The van der Waals surface area contributed by atoms with Gasteiger partial charge < -0.3 is 9.80 Å². The molecule has 1 atom stereocenters. The molecule has 3 heterocycles. The summed E-state index contributed by atoms with van der Waals surface area (Å²) < 4.78 is 0. The summed E-state index contributed by atoms with van der Waals surface area (Å²) in [6.07, 6.45) is 5.12. The zero-order valence-electron chi connectivity index (χ0n) is 12.8. The number of hydrogen-bond donors (Lipinski definition) is 0. The van der Waals surface area contributed by atoms with Crippen LogP contribution in [-0.4, -0.2) is 51.9 Å². The van der Waals surface area contributed by atoms with Crippen LogP contribution in [0, 0.1) is 6.92 Å². The molecule has 0 bridgehead atoms. The first-order valence-corrected chi connectivity index (χ1v) is 8.25. The number of rotatable bonds is 3. The zero-order chi connectivity index (χ0) is 15.5. The van der Waals surface area contributed by atoms with E-state index in [0.29, 0.717) is 13.1 Å². The van der Waals surface area contributed by atoms with E-state index in [4.69, 9.17) is 0 Å². The van der Waals surface area contributed by atoms with Crippen molar-refractivity contribution in [1.82, 2.24) is 19.9 Å². The molecule has 2 aromatic rings. The molecule has 0 aliphatic carbocycles. The third-order valence-electron chi connectivity index (χ3n) is 3.84. The Morgan fingerprint density at radius 2 is 2.05 bits per heavy atom. The third kappa shape index (κ3) is 3.09. The van der Waals surface area contributed by atoms with Crippen molar-refractivity contribution in [2.75, 3.05) is 31.1 Å². The third-order valence-corrected chi connectivity index (χ3v) is 4.99. The maximum atomic E-state index is 12.6. The van der Waals surface area contributed by atoms with Gasteiger partial charge in [0.05, 0.1) is 12.1 Å². The van der Waals surface area contributed by atoms with Gasteiger partial charge in [0.25, 0.3) is 0 Å². The number of thiazole rings is 1. The normalized spacial score (nSPS) is 16.6. The Morgan fingerprint density at radius 3 is 2.64 bits per heavy atom. The predicted octanol–water partition coefficient (Wildman–Crippen LogP) is 1.69. The van der Waals surface area contributed by atoms with E-state index in [1.54, 1.807) is 29.9 Å². The lowest BCUT2D eigenvalue weighted by molar-refractivity contribution is -0.132. The summed E-state index contributed by atoms with van der Waals surface area (Å²) in [5.41, 5.74) is 0.979. The first-order valence-electron chi connectivity index (χ1n) is 7.37. The van der Waals surface area contributed by atoms with E-state index >= 15 is 0 Å². The fourth-order valence-corrected chi connectivity index (χ4v) is 3.41. The fraction of sp³-hybridized carbons (Fsp3) is 0.467.